The van der Waals surface area contributed by atoms with Gasteiger partial charge in [-0.25, -0.2) is 4.98 Å². The first-order valence-electron chi connectivity index (χ1n) is 10.9. The summed E-state index contributed by atoms with van der Waals surface area (Å²) >= 11 is 0. The Kier molecular flexibility index (Phi) is 4.72. The standard InChI is InChI=1S/C25H31N3/c1-17-7-12-25-24(13-17)27-18(2)28(25)23-10-8-22(9-11-23)26-16-19-14-20-5-3-4-6-21(20)15-19/h3-7,12-13,19,22-23,26H,8-11,14-16H2,1-2H3/t22-,23+. The quantitative estimate of drug-likeness (QED) is 0.686. The zero-order valence-electron chi connectivity index (χ0n) is 17.1. The van der Waals surface area contributed by atoms with E-state index in [1.807, 2.05) is 0 Å². The Morgan fingerprint density at radius 2 is 1.68 bits per heavy atom. The molecule has 0 atom stereocenters. The van der Waals surface area contributed by atoms with Crippen LogP contribution in [0.2, 0.25) is 0 Å². The molecule has 2 aliphatic rings. The number of hydrogen-bond acceptors (Lipinski definition) is 2. The summed E-state index contributed by atoms with van der Waals surface area (Å²) in [5.74, 6) is 1.94. The van der Waals surface area contributed by atoms with E-state index in [0.717, 1.165) is 18.0 Å². The zero-order valence-corrected chi connectivity index (χ0v) is 17.1. The first-order valence-corrected chi connectivity index (χ1v) is 10.9. The molecular formula is C25H31N3. The molecule has 0 amide bonds. The smallest absolute Gasteiger partial charge is 0.106 e. The molecule has 3 aromatic rings. The van der Waals surface area contributed by atoms with Crippen molar-refractivity contribution in [2.75, 3.05) is 6.54 Å². The van der Waals surface area contributed by atoms with E-state index >= 15 is 0 Å². The van der Waals surface area contributed by atoms with E-state index in [4.69, 9.17) is 4.98 Å². The minimum atomic E-state index is 0.599. The third-order valence-electron chi connectivity index (χ3n) is 6.91. The Morgan fingerprint density at radius 1 is 0.964 bits per heavy atom. The second-order valence-electron chi connectivity index (χ2n) is 8.98. The molecule has 2 aliphatic carbocycles. The van der Waals surface area contributed by atoms with Crippen LogP contribution in [0.3, 0.4) is 0 Å². The predicted molar refractivity (Wildman–Crippen MR) is 116 cm³/mol. The maximum absolute atomic E-state index is 4.82. The second-order valence-corrected chi connectivity index (χ2v) is 8.98. The Bertz CT molecular complexity index is 954. The van der Waals surface area contributed by atoms with Crippen LogP contribution in [-0.2, 0) is 12.8 Å². The Hall–Kier alpha value is -2.13. The molecule has 0 unspecified atom stereocenters. The lowest BCUT2D eigenvalue weighted by molar-refractivity contribution is 0.283. The van der Waals surface area contributed by atoms with Gasteiger partial charge in [-0.15, -0.1) is 0 Å². The van der Waals surface area contributed by atoms with Gasteiger partial charge in [-0.2, -0.15) is 0 Å². The SMILES string of the molecule is Cc1ccc2c(c1)nc(C)n2[C@H]1CC[C@@H](NCC2Cc3ccccc3C2)CC1. The van der Waals surface area contributed by atoms with Gasteiger partial charge in [0, 0.05) is 12.1 Å². The van der Waals surface area contributed by atoms with Gasteiger partial charge in [-0.1, -0.05) is 30.3 Å². The molecule has 3 heteroatoms. The first kappa shape index (κ1) is 17.9. The maximum Gasteiger partial charge on any atom is 0.106 e. The number of nitrogens with one attached hydrogen (secondary N) is 1. The van der Waals surface area contributed by atoms with Crippen LogP contribution < -0.4 is 5.32 Å². The third-order valence-corrected chi connectivity index (χ3v) is 6.91. The summed E-state index contributed by atoms with van der Waals surface area (Å²) in [6.07, 6.45) is 7.55. The second kappa shape index (κ2) is 7.36. The summed E-state index contributed by atoms with van der Waals surface area (Å²) in [6.45, 7) is 5.47. The van der Waals surface area contributed by atoms with Crippen LogP contribution in [0, 0.1) is 19.8 Å². The molecule has 3 nitrogen and oxygen atoms in total. The Morgan fingerprint density at radius 3 is 2.39 bits per heavy atom. The molecule has 2 aromatic carbocycles. The minimum absolute atomic E-state index is 0.599. The van der Waals surface area contributed by atoms with Gasteiger partial charge in [-0.05, 0) is 93.7 Å². The number of rotatable bonds is 4. The van der Waals surface area contributed by atoms with Gasteiger partial charge in [0.2, 0.25) is 0 Å². The van der Waals surface area contributed by atoms with E-state index in [2.05, 4.69) is 66.2 Å². The highest BCUT2D eigenvalue weighted by Crippen LogP contribution is 2.33. The molecular weight excluding hydrogens is 342 g/mol. The lowest BCUT2D eigenvalue weighted by Crippen LogP contribution is -2.37. The van der Waals surface area contributed by atoms with Crippen molar-refractivity contribution in [2.45, 2.75) is 64.5 Å². The fourth-order valence-electron chi connectivity index (χ4n) is 5.46. The predicted octanol–water partition coefficient (Wildman–Crippen LogP) is 5.14. The van der Waals surface area contributed by atoms with E-state index in [1.165, 1.54) is 55.4 Å². The zero-order chi connectivity index (χ0) is 19.1. The summed E-state index contributed by atoms with van der Waals surface area (Å²) in [4.78, 5) is 4.82. The van der Waals surface area contributed by atoms with E-state index in [-0.39, 0.29) is 0 Å². The molecule has 1 N–H and O–H groups in total. The van der Waals surface area contributed by atoms with Crippen molar-refractivity contribution in [2.24, 2.45) is 5.92 Å². The average Bonchev–Trinajstić information content (AvgIpc) is 3.26. The van der Waals surface area contributed by atoms with Gasteiger partial charge >= 0.3 is 0 Å². The van der Waals surface area contributed by atoms with Gasteiger partial charge in [0.1, 0.15) is 5.82 Å². The molecule has 28 heavy (non-hydrogen) atoms. The maximum atomic E-state index is 4.82. The number of nitrogens with zero attached hydrogens (tertiary/aromatic N) is 2. The van der Waals surface area contributed by atoms with Crippen molar-refractivity contribution in [3.8, 4) is 0 Å². The first-order chi connectivity index (χ1) is 13.7. The Balaban J connectivity index is 1.18. The lowest BCUT2D eigenvalue weighted by Gasteiger charge is -2.31. The van der Waals surface area contributed by atoms with Crippen LogP contribution in [0.25, 0.3) is 11.0 Å². The summed E-state index contributed by atoms with van der Waals surface area (Å²) in [5.41, 5.74) is 6.88. The molecule has 0 spiro atoms. The topological polar surface area (TPSA) is 29.9 Å². The minimum Gasteiger partial charge on any atom is -0.325 e. The summed E-state index contributed by atoms with van der Waals surface area (Å²) in [5, 5.41) is 3.90. The van der Waals surface area contributed by atoms with Gasteiger partial charge in [0.25, 0.3) is 0 Å². The Labute approximate surface area is 168 Å². The van der Waals surface area contributed by atoms with Crippen LogP contribution in [-0.4, -0.2) is 22.1 Å². The van der Waals surface area contributed by atoms with Gasteiger partial charge in [-0.3, -0.25) is 0 Å². The van der Waals surface area contributed by atoms with Crippen LogP contribution in [0.1, 0.15) is 54.2 Å². The highest BCUT2D eigenvalue weighted by atomic mass is 15.1. The molecule has 0 saturated heterocycles. The molecule has 1 saturated carbocycles. The largest absolute Gasteiger partial charge is 0.325 e. The van der Waals surface area contributed by atoms with Crippen molar-refractivity contribution in [3.63, 3.8) is 0 Å². The molecule has 1 heterocycles. The normalized spacial score (nSPS) is 22.6. The van der Waals surface area contributed by atoms with Gasteiger partial charge in [0.05, 0.1) is 11.0 Å². The van der Waals surface area contributed by atoms with E-state index in [9.17, 15) is 0 Å². The van der Waals surface area contributed by atoms with Crippen LogP contribution in [0.4, 0.5) is 0 Å². The third kappa shape index (κ3) is 3.37. The number of fused-ring (bicyclic) bond motifs is 2. The summed E-state index contributed by atoms with van der Waals surface area (Å²) < 4.78 is 2.50. The van der Waals surface area contributed by atoms with Gasteiger partial charge in [0.15, 0.2) is 0 Å². The van der Waals surface area contributed by atoms with Crippen LogP contribution in [0.15, 0.2) is 42.5 Å². The van der Waals surface area contributed by atoms with Crippen molar-refractivity contribution < 1.29 is 0 Å². The van der Waals surface area contributed by atoms with E-state index in [0.29, 0.717) is 12.1 Å². The van der Waals surface area contributed by atoms with E-state index in [1.54, 1.807) is 11.1 Å². The molecule has 146 valence electrons. The van der Waals surface area contributed by atoms with Crippen LogP contribution >= 0.6 is 0 Å². The lowest BCUT2D eigenvalue weighted by atomic mass is 9.90. The molecule has 0 bridgehead atoms. The molecule has 1 aromatic heterocycles. The number of aromatic nitrogens is 2. The van der Waals surface area contributed by atoms with E-state index < -0.39 is 0 Å². The number of imidazole rings is 1. The molecule has 1 fully saturated rings. The van der Waals surface area contributed by atoms with Crippen molar-refractivity contribution in [1.29, 1.82) is 0 Å². The molecule has 5 rings (SSSR count). The molecule has 0 radical (unpaired) electrons. The summed E-state index contributed by atoms with van der Waals surface area (Å²) in [6, 6.07) is 16.9. The number of hydrogen-bond donors (Lipinski definition) is 1. The van der Waals surface area contributed by atoms with Crippen molar-refractivity contribution >= 4 is 11.0 Å². The van der Waals surface area contributed by atoms with Crippen LogP contribution in [0.5, 0.6) is 0 Å². The summed E-state index contributed by atoms with van der Waals surface area (Å²) in [7, 11) is 0. The monoisotopic (exact) mass is 373 g/mol. The number of benzene rings is 2. The number of aryl methyl sites for hydroxylation is 2. The van der Waals surface area contributed by atoms with Crippen molar-refractivity contribution in [1.82, 2.24) is 14.9 Å². The average molecular weight is 374 g/mol. The fraction of sp³-hybridized carbons (Fsp3) is 0.480. The fourth-order valence-corrected chi connectivity index (χ4v) is 5.46. The molecule has 0 aliphatic heterocycles. The highest BCUT2D eigenvalue weighted by Gasteiger charge is 2.26. The van der Waals surface area contributed by atoms with Crippen molar-refractivity contribution in [3.05, 3.63) is 65.0 Å². The van der Waals surface area contributed by atoms with Gasteiger partial charge < -0.3 is 9.88 Å². The highest BCUT2D eigenvalue weighted by molar-refractivity contribution is 5.77.